The molecule has 0 amide bonds. The molecule has 1 N–H and O–H groups in total. The number of benzene rings is 2. The predicted molar refractivity (Wildman–Crippen MR) is 136 cm³/mol. The van der Waals surface area contributed by atoms with Crippen molar-refractivity contribution >= 4 is 20.0 Å². The van der Waals surface area contributed by atoms with Gasteiger partial charge in [0.2, 0.25) is 20.0 Å². The number of hydrogen-bond donors (Lipinski definition) is 1. The van der Waals surface area contributed by atoms with Crippen LogP contribution >= 0.6 is 0 Å². The lowest BCUT2D eigenvalue weighted by molar-refractivity contribution is 0.0730. The quantitative estimate of drug-likeness (QED) is 0.556. The Bertz CT molecular complexity index is 1180. The van der Waals surface area contributed by atoms with Crippen LogP contribution in [-0.4, -0.2) is 47.4 Å². The predicted octanol–water partition coefficient (Wildman–Crippen LogP) is 4.43. The molecule has 0 aromatic heterocycles. The fraction of sp³-hybridized carbons (Fsp3) is 0.538. The first-order valence-corrected chi connectivity index (χ1v) is 15.4. The van der Waals surface area contributed by atoms with Crippen molar-refractivity contribution in [1.29, 1.82) is 0 Å². The van der Waals surface area contributed by atoms with Crippen molar-refractivity contribution in [3.05, 3.63) is 59.7 Å². The number of sulfonamides is 2. The molecule has 1 saturated heterocycles. The van der Waals surface area contributed by atoms with Gasteiger partial charge in [-0.15, -0.1) is 0 Å². The van der Waals surface area contributed by atoms with E-state index in [4.69, 9.17) is 4.74 Å². The van der Waals surface area contributed by atoms with Crippen molar-refractivity contribution in [2.75, 3.05) is 26.3 Å². The highest BCUT2D eigenvalue weighted by Crippen LogP contribution is 2.34. The summed E-state index contributed by atoms with van der Waals surface area (Å²) in [5.74, 6) is 0.630. The number of rotatable bonds is 8. The van der Waals surface area contributed by atoms with E-state index in [-0.39, 0.29) is 15.7 Å². The van der Waals surface area contributed by atoms with Gasteiger partial charge in [0.15, 0.2) is 0 Å². The molecule has 9 heteroatoms. The van der Waals surface area contributed by atoms with E-state index in [1.54, 1.807) is 0 Å². The fourth-order valence-electron chi connectivity index (χ4n) is 4.96. The van der Waals surface area contributed by atoms with Crippen molar-refractivity contribution in [2.45, 2.75) is 67.7 Å². The third-order valence-corrected chi connectivity index (χ3v) is 10.4. The molecule has 1 aliphatic heterocycles. The van der Waals surface area contributed by atoms with Crippen molar-refractivity contribution in [1.82, 2.24) is 9.03 Å². The minimum absolute atomic E-state index is 0.0336. The maximum atomic E-state index is 13.2. The smallest absolute Gasteiger partial charge is 0.243 e. The molecule has 2 aromatic carbocycles. The summed E-state index contributed by atoms with van der Waals surface area (Å²) in [5.41, 5.74) is 2.26. The van der Waals surface area contributed by atoms with E-state index < -0.39 is 26.1 Å². The SMILES string of the molecule is CC(C)C(NS(=O)(=O)c1ccc(S(=O)(=O)N2CCOCC2)cc1)c1ccc(C2CCCCC2)cc1. The molecule has 4 rings (SSSR count). The average molecular weight is 521 g/mol. The molecule has 192 valence electrons. The second-order valence-corrected chi connectivity index (χ2v) is 13.5. The molecule has 2 fully saturated rings. The summed E-state index contributed by atoms with van der Waals surface area (Å²) in [5, 5.41) is 0. The van der Waals surface area contributed by atoms with E-state index in [1.807, 2.05) is 26.0 Å². The molecular formula is C26H36N2O5S2. The number of hydrogen-bond acceptors (Lipinski definition) is 5. The lowest BCUT2D eigenvalue weighted by Crippen LogP contribution is -2.40. The highest BCUT2D eigenvalue weighted by molar-refractivity contribution is 7.89. The zero-order chi connectivity index (χ0) is 25.1. The summed E-state index contributed by atoms with van der Waals surface area (Å²) in [6.07, 6.45) is 6.29. The van der Waals surface area contributed by atoms with Gasteiger partial charge in [-0.25, -0.2) is 21.6 Å². The van der Waals surface area contributed by atoms with E-state index >= 15 is 0 Å². The number of nitrogens with zero attached hydrogens (tertiary/aromatic N) is 1. The number of morpholine rings is 1. The Morgan fingerprint density at radius 1 is 0.829 bits per heavy atom. The first kappa shape index (κ1) is 26.3. The van der Waals surface area contributed by atoms with Crippen LogP contribution in [0.5, 0.6) is 0 Å². The van der Waals surface area contributed by atoms with Crippen LogP contribution in [0.4, 0.5) is 0 Å². The van der Waals surface area contributed by atoms with Gasteiger partial charge in [0.1, 0.15) is 0 Å². The minimum Gasteiger partial charge on any atom is -0.379 e. The van der Waals surface area contributed by atoms with Gasteiger partial charge in [0, 0.05) is 19.1 Å². The summed E-state index contributed by atoms with van der Waals surface area (Å²) < 4.78 is 61.6. The minimum atomic E-state index is -3.85. The van der Waals surface area contributed by atoms with Crippen LogP contribution < -0.4 is 4.72 Å². The van der Waals surface area contributed by atoms with Gasteiger partial charge in [0.05, 0.1) is 23.0 Å². The zero-order valence-corrected chi connectivity index (χ0v) is 22.2. The molecule has 0 spiro atoms. The lowest BCUT2D eigenvalue weighted by Gasteiger charge is -2.26. The Hall–Kier alpha value is -1.78. The molecule has 35 heavy (non-hydrogen) atoms. The molecular weight excluding hydrogens is 484 g/mol. The van der Waals surface area contributed by atoms with Crippen molar-refractivity contribution in [2.24, 2.45) is 5.92 Å². The molecule has 0 radical (unpaired) electrons. The van der Waals surface area contributed by atoms with Crippen LogP contribution in [0.25, 0.3) is 0 Å². The van der Waals surface area contributed by atoms with Crippen LogP contribution in [0.1, 0.15) is 69.0 Å². The molecule has 0 bridgehead atoms. The summed E-state index contributed by atoms with van der Waals surface area (Å²) in [6, 6.07) is 13.4. The molecule has 1 saturated carbocycles. The summed E-state index contributed by atoms with van der Waals surface area (Å²) in [6.45, 7) is 5.27. The van der Waals surface area contributed by atoms with Crippen LogP contribution in [0.2, 0.25) is 0 Å². The summed E-state index contributed by atoms with van der Waals surface area (Å²) in [4.78, 5) is 0.125. The maximum absolute atomic E-state index is 13.2. The maximum Gasteiger partial charge on any atom is 0.243 e. The highest BCUT2D eigenvalue weighted by atomic mass is 32.2. The molecule has 1 aliphatic carbocycles. The van der Waals surface area contributed by atoms with Gasteiger partial charge in [0.25, 0.3) is 0 Å². The Kier molecular flexibility index (Phi) is 8.33. The largest absolute Gasteiger partial charge is 0.379 e. The first-order valence-electron chi connectivity index (χ1n) is 12.5. The molecule has 2 aliphatic rings. The second-order valence-electron chi connectivity index (χ2n) is 9.83. The van der Waals surface area contributed by atoms with Crippen molar-refractivity contribution < 1.29 is 21.6 Å². The number of ether oxygens (including phenoxy) is 1. The van der Waals surface area contributed by atoms with Crippen LogP contribution in [0.3, 0.4) is 0 Å². The van der Waals surface area contributed by atoms with Crippen LogP contribution in [-0.2, 0) is 24.8 Å². The topological polar surface area (TPSA) is 92.8 Å². The summed E-state index contributed by atoms with van der Waals surface area (Å²) in [7, 11) is -7.53. The molecule has 7 nitrogen and oxygen atoms in total. The average Bonchev–Trinajstić information content (AvgIpc) is 2.88. The van der Waals surface area contributed by atoms with E-state index in [0.29, 0.717) is 32.2 Å². The molecule has 1 heterocycles. The van der Waals surface area contributed by atoms with Crippen molar-refractivity contribution in [3.63, 3.8) is 0 Å². The first-order chi connectivity index (χ1) is 16.7. The van der Waals surface area contributed by atoms with Crippen molar-refractivity contribution in [3.8, 4) is 0 Å². The zero-order valence-electron chi connectivity index (χ0n) is 20.5. The Balaban J connectivity index is 1.50. The Morgan fingerprint density at radius 3 is 1.97 bits per heavy atom. The monoisotopic (exact) mass is 520 g/mol. The molecule has 2 aromatic rings. The van der Waals surface area contributed by atoms with Gasteiger partial charge in [-0.2, -0.15) is 4.31 Å². The van der Waals surface area contributed by atoms with E-state index in [2.05, 4.69) is 16.9 Å². The van der Waals surface area contributed by atoms with Gasteiger partial charge in [-0.1, -0.05) is 57.4 Å². The molecule has 1 unspecified atom stereocenters. The van der Waals surface area contributed by atoms with E-state index in [0.717, 1.165) is 5.56 Å². The third-order valence-electron chi connectivity index (χ3n) is 7.06. The summed E-state index contributed by atoms with van der Waals surface area (Å²) >= 11 is 0. The Labute approximate surface area is 210 Å². The standard InChI is InChI=1S/C26H36N2O5S2/c1-20(2)26(23-10-8-22(9-11-23)21-6-4-3-5-7-21)27-34(29,30)24-12-14-25(15-13-24)35(31,32)28-16-18-33-19-17-28/h8-15,20-21,26-27H,3-7,16-19H2,1-2H3. The van der Waals surface area contributed by atoms with Gasteiger partial charge in [-0.3, -0.25) is 0 Å². The van der Waals surface area contributed by atoms with Gasteiger partial charge < -0.3 is 4.74 Å². The van der Waals surface area contributed by atoms with Crippen LogP contribution in [0.15, 0.2) is 58.3 Å². The normalized spacial score (nSPS) is 19.6. The lowest BCUT2D eigenvalue weighted by atomic mass is 9.83. The van der Waals surface area contributed by atoms with Gasteiger partial charge in [-0.05, 0) is 60.1 Å². The molecule has 1 atom stereocenters. The van der Waals surface area contributed by atoms with Gasteiger partial charge >= 0.3 is 0 Å². The van der Waals surface area contributed by atoms with Crippen LogP contribution in [0, 0.1) is 5.92 Å². The fourth-order valence-corrected chi connectivity index (χ4v) is 7.74. The third kappa shape index (κ3) is 6.14. The highest BCUT2D eigenvalue weighted by Gasteiger charge is 2.28. The Morgan fingerprint density at radius 2 is 1.40 bits per heavy atom. The van der Waals surface area contributed by atoms with E-state index in [9.17, 15) is 16.8 Å². The number of nitrogens with one attached hydrogen (secondary N) is 1. The second kappa shape index (κ2) is 11.1. The van der Waals surface area contributed by atoms with E-state index in [1.165, 1.54) is 66.2 Å².